The highest BCUT2D eigenvalue weighted by Crippen LogP contribution is 2.20. The highest BCUT2D eigenvalue weighted by atomic mass is 19.1. The number of nitrogens with zero attached hydrogens (tertiary/aromatic N) is 1. The smallest absolute Gasteiger partial charge is 0.224 e. The van der Waals surface area contributed by atoms with E-state index in [1.165, 1.54) is 12.1 Å². The quantitative estimate of drug-likeness (QED) is 0.841. The number of carbonyl (C=O) groups excluding carboxylic acids is 1. The summed E-state index contributed by atoms with van der Waals surface area (Å²) in [5.41, 5.74) is 1.90. The normalized spacial score (nSPS) is 17.1. The molecule has 5 heteroatoms. The van der Waals surface area contributed by atoms with Gasteiger partial charge in [0.05, 0.1) is 6.61 Å². The van der Waals surface area contributed by atoms with Gasteiger partial charge < -0.3 is 15.0 Å². The molecule has 132 valence electrons. The Bertz CT molecular complexity index is 735. The molecule has 0 bridgehead atoms. The number of rotatable bonds is 7. The van der Waals surface area contributed by atoms with E-state index in [1.807, 2.05) is 37.3 Å². The van der Waals surface area contributed by atoms with Crippen molar-refractivity contribution in [2.24, 2.45) is 0 Å². The number of para-hydroxylation sites is 1. The molecule has 1 atom stereocenters. The minimum absolute atomic E-state index is 0.0933. The molecular formula is C20H23FN2O2. The van der Waals surface area contributed by atoms with E-state index in [-0.39, 0.29) is 17.8 Å². The first-order chi connectivity index (χ1) is 12.2. The zero-order chi connectivity index (χ0) is 17.6. The number of nitrogens with one attached hydrogen (secondary N) is 1. The third-order valence-electron chi connectivity index (χ3n) is 4.33. The van der Waals surface area contributed by atoms with E-state index in [2.05, 4.69) is 5.32 Å². The van der Waals surface area contributed by atoms with Crippen LogP contribution in [0.2, 0.25) is 0 Å². The van der Waals surface area contributed by atoms with Gasteiger partial charge in [0.2, 0.25) is 5.91 Å². The van der Waals surface area contributed by atoms with Crippen LogP contribution < -0.4 is 10.1 Å². The molecule has 4 nitrogen and oxygen atoms in total. The van der Waals surface area contributed by atoms with Gasteiger partial charge in [0.1, 0.15) is 11.6 Å². The molecule has 1 amide bonds. The Labute approximate surface area is 147 Å². The Kier molecular flexibility index (Phi) is 5.66. The van der Waals surface area contributed by atoms with Crippen molar-refractivity contribution >= 4 is 5.91 Å². The standard InChI is InChI=1S/C20H23FN2O2/c1-2-25-19-9-4-3-7-16(19)12-22-18-11-20(24)23(14-18)13-15-6-5-8-17(21)10-15/h3-10,18,22H,2,11-14H2,1H3/t18-/m1/s1. The van der Waals surface area contributed by atoms with E-state index in [0.717, 1.165) is 16.9 Å². The van der Waals surface area contributed by atoms with Crippen LogP contribution in [0.3, 0.4) is 0 Å². The van der Waals surface area contributed by atoms with Gasteiger partial charge in [0.15, 0.2) is 0 Å². The van der Waals surface area contributed by atoms with Crippen molar-refractivity contribution in [2.75, 3.05) is 13.2 Å². The number of amides is 1. The Morgan fingerprint density at radius 3 is 2.88 bits per heavy atom. The van der Waals surface area contributed by atoms with Crippen LogP contribution >= 0.6 is 0 Å². The molecule has 0 spiro atoms. The summed E-state index contributed by atoms with van der Waals surface area (Å²) in [6.45, 7) is 4.32. The van der Waals surface area contributed by atoms with Crippen LogP contribution in [-0.4, -0.2) is 30.0 Å². The van der Waals surface area contributed by atoms with E-state index in [0.29, 0.717) is 32.7 Å². The molecule has 0 saturated carbocycles. The fourth-order valence-corrected chi connectivity index (χ4v) is 3.12. The molecule has 1 fully saturated rings. The van der Waals surface area contributed by atoms with Gasteiger partial charge in [0.25, 0.3) is 0 Å². The fourth-order valence-electron chi connectivity index (χ4n) is 3.12. The lowest BCUT2D eigenvalue weighted by molar-refractivity contribution is -0.128. The third-order valence-corrected chi connectivity index (χ3v) is 4.33. The zero-order valence-electron chi connectivity index (χ0n) is 14.4. The third kappa shape index (κ3) is 4.57. The molecule has 0 aromatic heterocycles. The Morgan fingerprint density at radius 1 is 1.24 bits per heavy atom. The van der Waals surface area contributed by atoms with E-state index < -0.39 is 0 Å². The molecule has 3 rings (SSSR count). The van der Waals surface area contributed by atoms with Gasteiger partial charge in [-0.25, -0.2) is 4.39 Å². The largest absolute Gasteiger partial charge is 0.494 e. The maximum Gasteiger partial charge on any atom is 0.224 e. The van der Waals surface area contributed by atoms with Crippen molar-refractivity contribution in [2.45, 2.75) is 32.5 Å². The highest BCUT2D eigenvalue weighted by Gasteiger charge is 2.29. The fraction of sp³-hybridized carbons (Fsp3) is 0.350. The monoisotopic (exact) mass is 342 g/mol. The van der Waals surface area contributed by atoms with Gasteiger partial charge in [-0.3, -0.25) is 4.79 Å². The van der Waals surface area contributed by atoms with Crippen LogP contribution in [0.5, 0.6) is 5.75 Å². The number of likely N-dealkylation sites (tertiary alicyclic amines) is 1. The second-order valence-corrected chi connectivity index (χ2v) is 6.23. The predicted molar refractivity (Wildman–Crippen MR) is 94.7 cm³/mol. The average molecular weight is 342 g/mol. The molecule has 0 radical (unpaired) electrons. The zero-order valence-corrected chi connectivity index (χ0v) is 14.4. The number of carbonyl (C=O) groups is 1. The summed E-state index contributed by atoms with van der Waals surface area (Å²) in [4.78, 5) is 14.0. The Balaban J connectivity index is 1.56. The predicted octanol–water partition coefficient (Wildman–Crippen LogP) is 3.12. The second kappa shape index (κ2) is 8.12. The minimum atomic E-state index is -0.272. The van der Waals surface area contributed by atoms with Crippen molar-refractivity contribution in [1.29, 1.82) is 0 Å². The first-order valence-electron chi connectivity index (χ1n) is 8.62. The van der Waals surface area contributed by atoms with Gasteiger partial charge in [-0.15, -0.1) is 0 Å². The number of hydrogen-bond acceptors (Lipinski definition) is 3. The van der Waals surface area contributed by atoms with Crippen LogP contribution in [0.15, 0.2) is 48.5 Å². The number of halogens is 1. The average Bonchev–Trinajstić information content (AvgIpc) is 2.94. The molecule has 1 N–H and O–H groups in total. The number of benzene rings is 2. The summed E-state index contributed by atoms with van der Waals surface area (Å²) in [5.74, 6) is 0.699. The molecule has 0 aliphatic carbocycles. The number of hydrogen-bond donors (Lipinski definition) is 1. The van der Waals surface area contributed by atoms with Crippen molar-refractivity contribution in [3.63, 3.8) is 0 Å². The topological polar surface area (TPSA) is 41.6 Å². The van der Waals surface area contributed by atoms with Gasteiger partial charge in [-0.1, -0.05) is 30.3 Å². The molecule has 2 aromatic carbocycles. The Morgan fingerprint density at radius 2 is 2.08 bits per heavy atom. The van der Waals surface area contributed by atoms with Crippen LogP contribution in [0, 0.1) is 5.82 Å². The molecule has 1 aliphatic heterocycles. The molecule has 2 aromatic rings. The SMILES string of the molecule is CCOc1ccccc1CN[C@@H]1CC(=O)N(Cc2cccc(F)c2)C1. The summed E-state index contributed by atoms with van der Waals surface area (Å²) in [5, 5.41) is 3.44. The van der Waals surface area contributed by atoms with Crippen molar-refractivity contribution in [3.8, 4) is 5.75 Å². The van der Waals surface area contributed by atoms with Crippen molar-refractivity contribution in [3.05, 3.63) is 65.5 Å². The maximum atomic E-state index is 13.3. The Hall–Kier alpha value is -2.40. The molecule has 25 heavy (non-hydrogen) atoms. The van der Waals surface area contributed by atoms with E-state index in [4.69, 9.17) is 4.74 Å². The molecular weight excluding hydrogens is 319 g/mol. The summed E-state index contributed by atoms with van der Waals surface area (Å²) in [7, 11) is 0. The summed E-state index contributed by atoms with van der Waals surface area (Å²) >= 11 is 0. The van der Waals surface area contributed by atoms with Gasteiger partial charge in [-0.05, 0) is 30.7 Å². The minimum Gasteiger partial charge on any atom is -0.494 e. The summed E-state index contributed by atoms with van der Waals surface area (Å²) in [6.07, 6.45) is 0.464. The van der Waals surface area contributed by atoms with E-state index in [1.54, 1.807) is 11.0 Å². The first-order valence-corrected chi connectivity index (χ1v) is 8.62. The lowest BCUT2D eigenvalue weighted by Crippen LogP contribution is -2.32. The van der Waals surface area contributed by atoms with Crippen LogP contribution in [-0.2, 0) is 17.9 Å². The van der Waals surface area contributed by atoms with Gasteiger partial charge in [-0.2, -0.15) is 0 Å². The van der Waals surface area contributed by atoms with Crippen LogP contribution in [0.1, 0.15) is 24.5 Å². The maximum absolute atomic E-state index is 13.3. The van der Waals surface area contributed by atoms with Crippen LogP contribution in [0.25, 0.3) is 0 Å². The van der Waals surface area contributed by atoms with Crippen molar-refractivity contribution in [1.82, 2.24) is 10.2 Å². The lowest BCUT2D eigenvalue weighted by atomic mass is 10.1. The molecule has 1 heterocycles. The van der Waals surface area contributed by atoms with E-state index in [9.17, 15) is 9.18 Å². The van der Waals surface area contributed by atoms with Gasteiger partial charge >= 0.3 is 0 Å². The van der Waals surface area contributed by atoms with Crippen LogP contribution in [0.4, 0.5) is 4.39 Å². The lowest BCUT2D eigenvalue weighted by Gasteiger charge is -2.18. The molecule has 1 aliphatic rings. The highest BCUT2D eigenvalue weighted by molar-refractivity contribution is 5.79. The van der Waals surface area contributed by atoms with E-state index >= 15 is 0 Å². The number of ether oxygens (including phenoxy) is 1. The van der Waals surface area contributed by atoms with Crippen molar-refractivity contribution < 1.29 is 13.9 Å². The summed E-state index contributed by atoms with van der Waals surface area (Å²) in [6, 6.07) is 14.4. The second-order valence-electron chi connectivity index (χ2n) is 6.23. The van der Waals surface area contributed by atoms with Gasteiger partial charge in [0, 0.05) is 37.7 Å². The summed E-state index contributed by atoms with van der Waals surface area (Å²) < 4.78 is 18.9. The molecule has 1 saturated heterocycles. The molecule has 0 unspecified atom stereocenters. The first kappa shape index (κ1) is 17.4.